The van der Waals surface area contributed by atoms with Crippen molar-refractivity contribution in [3.05, 3.63) is 0 Å². The highest BCUT2D eigenvalue weighted by Crippen LogP contribution is 2.23. The van der Waals surface area contributed by atoms with Crippen LogP contribution in [0.4, 0.5) is 0 Å². The number of guanidine groups is 1. The van der Waals surface area contributed by atoms with E-state index in [2.05, 4.69) is 10.3 Å². The molecule has 1 fully saturated rings. The summed E-state index contributed by atoms with van der Waals surface area (Å²) in [6.07, 6.45) is 0. The maximum Gasteiger partial charge on any atom is 0.328 e. The molecule has 1 aliphatic rings. The van der Waals surface area contributed by atoms with Gasteiger partial charge in [-0.1, -0.05) is 0 Å². The summed E-state index contributed by atoms with van der Waals surface area (Å²) < 4.78 is 28.6. The summed E-state index contributed by atoms with van der Waals surface area (Å²) in [6, 6.07) is 0. The van der Waals surface area contributed by atoms with Gasteiger partial charge in [-0.3, -0.25) is 4.79 Å². The van der Waals surface area contributed by atoms with Crippen LogP contribution in [0, 0.1) is 0 Å². The molecule has 0 radical (unpaired) electrons. The third-order valence-electron chi connectivity index (χ3n) is 3.46. The molecule has 1 rings (SSSR count). The molecule has 0 unspecified atom stereocenters. The minimum absolute atomic E-state index is 0.0802. The van der Waals surface area contributed by atoms with E-state index in [1.54, 1.807) is 34.6 Å². The van der Waals surface area contributed by atoms with Crippen molar-refractivity contribution in [2.75, 3.05) is 31.9 Å². The lowest BCUT2D eigenvalue weighted by Crippen LogP contribution is -2.57. The number of carbonyl (C=O) groups is 1. The van der Waals surface area contributed by atoms with E-state index in [0.29, 0.717) is 25.6 Å². The maximum absolute atomic E-state index is 12.1. The molecule has 8 heteroatoms. The molecule has 0 aromatic heterocycles. The number of nitrogens with one attached hydrogen (secondary N) is 1. The van der Waals surface area contributed by atoms with Crippen LogP contribution in [0.2, 0.25) is 0 Å². The summed E-state index contributed by atoms with van der Waals surface area (Å²) in [5.41, 5.74) is -0.549. The van der Waals surface area contributed by atoms with Gasteiger partial charge < -0.3 is 15.0 Å². The zero-order valence-corrected chi connectivity index (χ0v) is 15.8. The van der Waals surface area contributed by atoms with Crippen molar-refractivity contribution in [2.24, 2.45) is 4.99 Å². The minimum Gasteiger partial charge on any atom is -0.459 e. The van der Waals surface area contributed by atoms with Crippen molar-refractivity contribution in [2.45, 2.75) is 51.9 Å². The average Bonchev–Trinajstić information content (AvgIpc) is 2.36. The normalized spacial score (nSPS) is 21.0. The Morgan fingerprint density at radius 1 is 1.35 bits per heavy atom. The van der Waals surface area contributed by atoms with Crippen molar-refractivity contribution in [3.8, 4) is 0 Å². The fraction of sp³-hybridized carbons (Fsp3) is 0.867. The van der Waals surface area contributed by atoms with Crippen LogP contribution in [-0.4, -0.2) is 67.5 Å². The highest BCUT2D eigenvalue weighted by atomic mass is 32.2. The zero-order chi connectivity index (χ0) is 17.9. The first-order chi connectivity index (χ1) is 10.4. The van der Waals surface area contributed by atoms with E-state index in [9.17, 15) is 13.2 Å². The molecule has 134 valence electrons. The van der Waals surface area contributed by atoms with Crippen LogP contribution in [0.15, 0.2) is 4.99 Å². The topological polar surface area (TPSA) is 88.1 Å². The predicted octanol–water partition coefficient (Wildman–Crippen LogP) is 0.803. The van der Waals surface area contributed by atoms with Crippen LogP contribution in [0.25, 0.3) is 0 Å². The first-order valence-electron chi connectivity index (χ1n) is 7.85. The van der Waals surface area contributed by atoms with Gasteiger partial charge >= 0.3 is 5.97 Å². The van der Waals surface area contributed by atoms with E-state index >= 15 is 0 Å². The second-order valence-electron chi connectivity index (χ2n) is 7.26. The van der Waals surface area contributed by atoms with Gasteiger partial charge in [0.15, 0.2) is 15.8 Å². The molecule has 0 amide bonds. The first kappa shape index (κ1) is 19.7. The molecule has 0 aromatic carbocycles. The summed E-state index contributed by atoms with van der Waals surface area (Å²) >= 11 is 0. The van der Waals surface area contributed by atoms with Gasteiger partial charge in [0.1, 0.15) is 12.1 Å². The van der Waals surface area contributed by atoms with Gasteiger partial charge in [0.25, 0.3) is 0 Å². The largest absolute Gasteiger partial charge is 0.459 e. The third-order valence-corrected chi connectivity index (χ3v) is 5.99. The summed E-state index contributed by atoms with van der Waals surface area (Å²) in [4.78, 5) is 18.0. The Morgan fingerprint density at radius 3 is 2.43 bits per heavy atom. The average molecular weight is 347 g/mol. The van der Waals surface area contributed by atoms with E-state index in [4.69, 9.17) is 4.74 Å². The number of hydrogen-bond acceptors (Lipinski definition) is 5. The van der Waals surface area contributed by atoms with Gasteiger partial charge in [0, 0.05) is 19.6 Å². The molecule has 0 atom stereocenters. The fourth-order valence-electron chi connectivity index (χ4n) is 2.26. The zero-order valence-electron chi connectivity index (χ0n) is 15.0. The van der Waals surface area contributed by atoms with Crippen molar-refractivity contribution in [3.63, 3.8) is 0 Å². The van der Waals surface area contributed by atoms with E-state index in [-0.39, 0.29) is 12.3 Å². The Balaban J connectivity index is 2.83. The predicted molar refractivity (Wildman–Crippen MR) is 91.3 cm³/mol. The highest BCUT2D eigenvalue weighted by Gasteiger charge is 2.41. The number of nitrogens with zero attached hydrogens (tertiary/aromatic N) is 2. The van der Waals surface area contributed by atoms with Gasteiger partial charge in [0.2, 0.25) is 0 Å². The van der Waals surface area contributed by atoms with E-state index in [0.717, 1.165) is 0 Å². The lowest BCUT2D eigenvalue weighted by atomic mass is 10.2. The van der Waals surface area contributed by atoms with Crippen LogP contribution in [0.3, 0.4) is 0 Å². The van der Waals surface area contributed by atoms with E-state index < -0.39 is 26.2 Å². The molecule has 0 spiro atoms. The number of sulfone groups is 1. The quantitative estimate of drug-likeness (QED) is 0.462. The minimum atomic E-state index is -3.11. The molecular formula is C15H29N3O4S. The molecule has 23 heavy (non-hydrogen) atoms. The summed E-state index contributed by atoms with van der Waals surface area (Å²) in [7, 11) is -3.11. The number of hydrogen-bond donors (Lipinski definition) is 1. The number of aliphatic imine (C=N–C) groups is 1. The third kappa shape index (κ3) is 5.67. The molecule has 1 heterocycles. The maximum atomic E-state index is 12.1. The van der Waals surface area contributed by atoms with Crippen molar-refractivity contribution < 1.29 is 17.9 Å². The highest BCUT2D eigenvalue weighted by molar-refractivity contribution is 7.92. The Kier molecular flexibility index (Phi) is 6.06. The Bertz CT molecular complexity index is 562. The van der Waals surface area contributed by atoms with Gasteiger partial charge in [-0.05, 0) is 41.5 Å². The monoisotopic (exact) mass is 347 g/mol. The van der Waals surface area contributed by atoms with Crippen LogP contribution in [-0.2, 0) is 19.4 Å². The molecule has 0 saturated carbocycles. The molecule has 0 bridgehead atoms. The van der Waals surface area contributed by atoms with Gasteiger partial charge in [-0.15, -0.1) is 0 Å². The molecule has 1 saturated heterocycles. The molecule has 1 N–H and O–H groups in total. The van der Waals surface area contributed by atoms with E-state index in [1.807, 2.05) is 11.8 Å². The van der Waals surface area contributed by atoms with Crippen LogP contribution in [0.1, 0.15) is 41.5 Å². The van der Waals surface area contributed by atoms with Crippen LogP contribution in [0.5, 0.6) is 0 Å². The van der Waals surface area contributed by atoms with Crippen LogP contribution >= 0.6 is 0 Å². The Morgan fingerprint density at radius 2 is 1.96 bits per heavy atom. The summed E-state index contributed by atoms with van der Waals surface area (Å²) in [5, 5.41) is 3.11. The number of ether oxygens (including phenoxy) is 1. The lowest BCUT2D eigenvalue weighted by molar-refractivity contribution is -0.152. The van der Waals surface area contributed by atoms with E-state index in [1.165, 1.54) is 0 Å². The van der Waals surface area contributed by atoms with Crippen molar-refractivity contribution in [1.29, 1.82) is 0 Å². The number of carbonyl (C=O) groups excluding carboxylic acids is 1. The molecule has 0 aliphatic carbocycles. The summed E-state index contributed by atoms with van der Waals surface area (Å²) in [6.45, 7) is 12.0. The smallest absolute Gasteiger partial charge is 0.328 e. The lowest BCUT2D eigenvalue weighted by Gasteiger charge is -2.39. The Hall–Kier alpha value is -1.31. The molecule has 1 aliphatic heterocycles. The van der Waals surface area contributed by atoms with Crippen molar-refractivity contribution >= 4 is 21.8 Å². The second-order valence-corrected chi connectivity index (χ2v) is 10.00. The van der Waals surface area contributed by atoms with Crippen LogP contribution < -0.4 is 5.32 Å². The fourth-order valence-corrected chi connectivity index (χ4v) is 3.63. The van der Waals surface area contributed by atoms with Gasteiger partial charge in [-0.2, -0.15) is 0 Å². The SMILES string of the molecule is CCNC(=NCC(=O)OC(C)(C)C)N1CCS(=O)(=O)C(C)(C)C1. The molecular weight excluding hydrogens is 318 g/mol. The number of esters is 1. The van der Waals surface area contributed by atoms with Gasteiger partial charge in [-0.25, -0.2) is 13.4 Å². The van der Waals surface area contributed by atoms with Gasteiger partial charge in [0.05, 0.1) is 10.5 Å². The standard InChI is InChI=1S/C15H29N3O4S/c1-7-16-13(17-10-12(19)22-14(2,3)4)18-8-9-23(20,21)15(5,6)11-18/h7-11H2,1-6H3,(H,16,17). The molecule has 0 aromatic rings. The number of rotatable bonds is 3. The molecule has 7 nitrogen and oxygen atoms in total. The van der Waals surface area contributed by atoms with Crippen molar-refractivity contribution in [1.82, 2.24) is 10.2 Å². The first-order valence-corrected chi connectivity index (χ1v) is 9.50. The summed E-state index contributed by atoms with van der Waals surface area (Å²) in [5.74, 6) is 0.217. The Labute approximate surface area is 139 Å². The second kappa shape index (κ2) is 7.07.